The number of quaternary nitrogens is 1. The average molecular weight is 353 g/mol. The summed E-state index contributed by atoms with van der Waals surface area (Å²) < 4.78 is 13.1. The van der Waals surface area contributed by atoms with Crippen LogP contribution >= 0.6 is 23.8 Å². The first kappa shape index (κ1) is 17.7. The molecule has 6 heteroatoms. The molecule has 3 N–H and O–H groups in total. The predicted octanol–water partition coefficient (Wildman–Crippen LogP) is 2.61. The molecule has 2 aromatic carbocycles. The smallest absolute Gasteiger partial charge is 0.171 e. The summed E-state index contributed by atoms with van der Waals surface area (Å²) in [6.45, 7) is 1.58. The number of hydrogen-bond acceptors (Lipinski definition) is 1. The lowest BCUT2D eigenvalue weighted by atomic mass is 10.1. The highest BCUT2D eigenvalue weighted by molar-refractivity contribution is 7.80. The molecule has 0 fully saturated rings. The molecule has 0 atom stereocenters. The molecule has 0 radical (unpaired) electrons. The maximum atomic E-state index is 13.1. The second kappa shape index (κ2) is 8.24. The van der Waals surface area contributed by atoms with Gasteiger partial charge in [-0.15, -0.1) is 0 Å². The number of halogens is 2. The highest BCUT2D eigenvalue weighted by Gasteiger charge is 2.07. The fourth-order valence-electron chi connectivity index (χ4n) is 2.21. The van der Waals surface area contributed by atoms with Crippen LogP contribution in [0.3, 0.4) is 0 Å². The Morgan fingerprint density at radius 1 is 1.17 bits per heavy atom. The van der Waals surface area contributed by atoms with Gasteiger partial charge in [0.1, 0.15) is 12.4 Å². The molecule has 0 unspecified atom stereocenters. The van der Waals surface area contributed by atoms with Crippen LogP contribution < -0.4 is 15.5 Å². The third kappa shape index (κ3) is 5.46. The molecule has 0 amide bonds. The van der Waals surface area contributed by atoms with Crippen molar-refractivity contribution in [1.82, 2.24) is 5.32 Å². The van der Waals surface area contributed by atoms with Gasteiger partial charge in [-0.2, -0.15) is 0 Å². The van der Waals surface area contributed by atoms with E-state index < -0.39 is 5.82 Å². The molecule has 0 aliphatic carbocycles. The van der Waals surface area contributed by atoms with Gasteiger partial charge >= 0.3 is 0 Å². The zero-order valence-corrected chi connectivity index (χ0v) is 14.7. The number of thiocarbonyl (C=S) groups is 1. The summed E-state index contributed by atoms with van der Waals surface area (Å²) in [5, 5.41) is 6.71. The van der Waals surface area contributed by atoms with Crippen LogP contribution in [-0.4, -0.2) is 19.2 Å². The third-order valence-electron chi connectivity index (χ3n) is 3.28. The number of hydrogen-bond donors (Lipinski definition) is 3. The maximum Gasteiger partial charge on any atom is 0.171 e. The molecule has 0 heterocycles. The summed E-state index contributed by atoms with van der Waals surface area (Å²) in [7, 11) is 4.24. The van der Waals surface area contributed by atoms with Gasteiger partial charge in [-0.25, -0.2) is 4.39 Å². The SMILES string of the molecule is C[NH+](C)Cc1ccccc1CNC(=S)Nc1ccc(F)c(Cl)c1. The fourth-order valence-corrected chi connectivity index (χ4v) is 2.58. The summed E-state index contributed by atoms with van der Waals surface area (Å²) in [6, 6.07) is 12.7. The minimum Gasteiger partial charge on any atom is -0.358 e. The van der Waals surface area contributed by atoms with E-state index in [0.717, 1.165) is 6.54 Å². The van der Waals surface area contributed by atoms with Gasteiger partial charge in [0.25, 0.3) is 0 Å². The molecule has 3 nitrogen and oxygen atoms in total. The predicted molar refractivity (Wildman–Crippen MR) is 97.4 cm³/mol. The zero-order chi connectivity index (χ0) is 16.8. The molecular weight excluding hydrogens is 333 g/mol. The average Bonchev–Trinajstić information content (AvgIpc) is 2.49. The largest absolute Gasteiger partial charge is 0.358 e. The van der Waals surface area contributed by atoms with Crippen LogP contribution in [0.5, 0.6) is 0 Å². The molecule has 0 saturated heterocycles. The van der Waals surface area contributed by atoms with E-state index in [2.05, 4.69) is 36.9 Å². The fraction of sp³-hybridized carbons (Fsp3) is 0.235. The molecule has 23 heavy (non-hydrogen) atoms. The Morgan fingerprint density at radius 2 is 1.87 bits per heavy atom. The van der Waals surface area contributed by atoms with E-state index in [1.807, 2.05) is 12.1 Å². The zero-order valence-electron chi connectivity index (χ0n) is 13.1. The first-order chi connectivity index (χ1) is 11.0. The van der Waals surface area contributed by atoms with E-state index >= 15 is 0 Å². The molecule has 0 spiro atoms. The minimum atomic E-state index is -0.448. The van der Waals surface area contributed by atoms with Gasteiger partial charge in [0.15, 0.2) is 5.11 Å². The lowest BCUT2D eigenvalue weighted by Crippen LogP contribution is -3.04. The van der Waals surface area contributed by atoms with Crippen molar-refractivity contribution in [3.63, 3.8) is 0 Å². The first-order valence-electron chi connectivity index (χ1n) is 7.31. The lowest BCUT2D eigenvalue weighted by molar-refractivity contribution is -0.872. The van der Waals surface area contributed by atoms with Gasteiger partial charge in [0, 0.05) is 17.8 Å². The van der Waals surface area contributed by atoms with Gasteiger partial charge in [0.2, 0.25) is 0 Å². The Kier molecular flexibility index (Phi) is 6.33. The Bertz CT molecular complexity index is 691. The van der Waals surface area contributed by atoms with E-state index in [1.54, 1.807) is 6.07 Å². The standard InChI is InChI=1S/C17H19ClFN3S/c1-22(2)11-13-6-4-3-5-12(13)10-20-17(23)21-14-7-8-16(19)15(18)9-14/h3-9H,10-11H2,1-2H3,(H2,20,21,23)/p+1. The second-order valence-electron chi connectivity index (χ2n) is 5.59. The summed E-state index contributed by atoms with van der Waals surface area (Å²) in [5.41, 5.74) is 3.14. The van der Waals surface area contributed by atoms with Crippen molar-refractivity contribution >= 4 is 34.6 Å². The molecule has 0 aliphatic rings. The van der Waals surface area contributed by atoms with Crippen molar-refractivity contribution in [2.45, 2.75) is 13.1 Å². The van der Waals surface area contributed by atoms with Crippen LogP contribution in [0, 0.1) is 5.82 Å². The van der Waals surface area contributed by atoms with Crippen LogP contribution in [0.1, 0.15) is 11.1 Å². The molecule has 2 rings (SSSR count). The topological polar surface area (TPSA) is 28.5 Å². The molecule has 0 bridgehead atoms. The quantitative estimate of drug-likeness (QED) is 0.722. The van der Waals surface area contributed by atoms with Gasteiger partial charge in [-0.3, -0.25) is 0 Å². The van der Waals surface area contributed by atoms with Crippen molar-refractivity contribution in [1.29, 1.82) is 0 Å². The molecule has 2 aromatic rings. The second-order valence-corrected chi connectivity index (χ2v) is 6.40. The number of benzene rings is 2. The highest BCUT2D eigenvalue weighted by atomic mass is 35.5. The van der Waals surface area contributed by atoms with E-state index in [4.69, 9.17) is 23.8 Å². The Balaban J connectivity index is 1.95. The van der Waals surface area contributed by atoms with Crippen LogP contribution in [0.15, 0.2) is 42.5 Å². The number of rotatable bonds is 5. The maximum absolute atomic E-state index is 13.1. The van der Waals surface area contributed by atoms with Crippen LogP contribution in [-0.2, 0) is 13.1 Å². The van der Waals surface area contributed by atoms with Crippen molar-refractivity contribution in [3.05, 3.63) is 64.4 Å². The Morgan fingerprint density at radius 3 is 2.52 bits per heavy atom. The minimum absolute atomic E-state index is 0.0668. The van der Waals surface area contributed by atoms with E-state index in [1.165, 1.54) is 28.2 Å². The monoisotopic (exact) mass is 352 g/mol. The first-order valence-corrected chi connectivity index (χ1v) is 8.10. The van der Waals surface area contributed by atoms with Gasteiger partial charge in [-0.1, -0.05) is 35.9 Å². The van der Waals surface area contributed by atoms with Crippen molar-refractivity contribution in [2.24, 2.45) is 0 Å². The van der Waals surface area contributed by atoms with Gasteiger partial charge < -0.3 is 15.5 Å². The normalized spacial score (nSPS) is 10.7. The summed E-state index contributed by atoms with van der Waals surface area (Å²) >= 11 is 11.0. The van der Waals surface area contributed by atoms with E-state index in [9.17, 15) is 4.39 Å². The molecule has 0 aromatic heterocycles. The number of nitrogens with one attached hydrogen (secondary N) is 3. The summed E-state index contributed by atoms with van der Waals surface area (Å²) in [4.78, 5) is 1.36. The van der Waals surface area contributed by atoms with Gasteiger partial charge in [-0.05, 0) is 36.0 Å². The highest BCUT2D eigenvalue weighted by Crippen LogP contribution is 2.19. The number of anilines is 1. The van der Waals surface area contributed by atoms with Crippen LogP contribution in [0.25, 0.3) is 0 Å². The molecular formula is C17H20ClFN3S+. The van der Waals surface area contributed by atoms with E-state index in [-0.39, 0.29) is 5.02 Å². The van der Waals surface area contributed by atoms with Crippen LogP contribution in [0.2, 0.25) is 5.02 Å². The lowest BCUT2D eigenvalue weighted by Gasteiger charge is -2.14. The molecule has 0 saturated carbocycles. The van der Waals surface area contributed by atoms with Crippen LogP contribution in [0.4, 0.5) is 10.1 Å². The Labute approximate surface area is 146 Å². The Hall–Kier alpha value is -1.69. The van der Waals surface area contributed by atoms with E-state index in [0.29, 0.717) is 17.3 Å². The van der Waals surface area contributed by atoms with Crippen molar-refractivity contribution < 1.29 is 9.29 Å². The summed E-state index contributed by atoms with van der Waals surface area (Å²) in [6.07, 6.45) is 0. The van der Waals surface area contributed by atoms with Gasteiger partial charge in [0.05, 0.1) is 19.1 Å². The molecule has 122 valence electrons. The van der Waals surface area contributed by atoms with Crippen molar-refractivity contribution in [3.8, 4) is 0 Å². The summed E-state index contributed by atoms with van der Waals surface area (Å²) in [5.74, 6) is -0.448. The molecule has 0 aliphatic heterocycles. The van der Waals surface area contributed by atoms with Crippen molar-refractivity contribution in [2.75, 3.05) is 19.4 Å². The third-order valence-corrected chi connectivity index (χ3v) is 3.82.